The highest BCUT2D eigenvalue weighted by Crippen LogP contribution is 2.24. The summed E-state index contributed by atoms with van der Waals surface area (Å²) in [6, 6.07) is 15.8. The number of hydrogen-bond acceptors (Lipinski definition) is 4. The van der Waals surface area contributed by atoms with Crippen molar-refractivity contribution in [3.63, 3.8) is 0 Å². The van der Waals surface area contributed by atoms with Crippen molar-refractivity contribution < 1.29 is 14.0 Å². The molecular formula is C20H18FN3O2S. The van der Waals surface area contributed by atoms with Gasteiger partial charge < -0.3 is 5.32 Å². The monoisotopic (exact) mass is 383 g/mol. The van der Waals surface area contributed by atoms with E-state index in [0.29, 0.717) is 17.4 Å². The van der Waals surface area contributed by atoms with Gasteiger partial charge in [0.15, 0.2) is 5.13 Å². The van der Waals surface area contributed by atoms with E-state index in [2.05, 4.69) is 15.6 Å². The number of aryl methyl sites for hydroxylation is 1. The first-order valence-corrected chi connectivity index (χ1v) is 9.34. The second-order valence-electron chi connectivity index (χ2n) is 5.84. The van der Waals surface area contributed by atoms with Crippen molar-refractivity contribution >= 4 is 28.3 Å². The Morgan fingerprint density at radius 2 is 1.74 bits per heavy atom. The van der Waals surface area contributed by atoms with Gasteiger partial charge in [-0.2, -0.15) is 0 Å². The molecule has 2 amide bonds. The van der Waals surface area contributed by atoms with Gasteiger partial charge in [0, 0.05) is 17.5 Å². The van der Waals surface area contributed by atoms with Crippen LogP contribution in [0.4, 0.5) is 9.52 Å². The van der Waals surface area contributed by atoms with Crippen LogP contribution in [0.3, 0.4) is 0 Å². The molecule has 138 valence electrons. The van der Waals surface area contributed by atoms with E-state index in [4.69, 9.17) is 0 Å². The molecule has 0 saturated heterocycles. The van der Waals surface area contributed by atoms with Gasteiger partial charge in [0.2, 0.25) is 0 Å². The molecule has 0 aliphatic rings. The molecule has 0 spiro atoms. The van der Waals surface area contributed by atoms with E-state index in [1.807, 2.05) is 30.3 Å². The molecule has 3 aromatic rings. The van der Waals surface area contributed by atoms with E-state index in [9.17, 15) is 14.0 Å². The van der Waals surface area contributed by atoms with Crippen molar-refractivity contribution in [1.82, 2.24) is 10.3 Å². The maximum Gasteiger partial charge on any atom is 0.315 e. The zero-order chi connectivity index (χ0) is 19.1. The fourth-order valence-corrected chi connectivity index (χ4v) is 3.17. The largest absolute Gasteiger partial charge is 0.348 e. The quantitative estimate of drug-likeness (QED) is 0.504. The molecule has 0 bridgehead atoms. The number of hydrogen-bond donors (Lipinski definition) is 2. The zero-order valence-corrected chi connectivity index (χ0v) is 15.3. The van der Waals surface area contributed by atoms with Crippen LogP contribution in [0, 0.1) is 5.82 Å². The number of nitrogens with one attached hydrogen (secondary N) is 2. The molecule has 1 heterocycles. The number of carbonyl (C=O) groups is 2. The Hall–Kier alpha value is -3.06. The summed E-state index contributed by atoms with van der Waals surface area (Å²) in [5.74, 6) is -1.78. The van der Waals surface area contributed by atoms with E-state index in [1.54, 1.807) is 17.5 Å². The van der Waals surface area contributed by atoms with Gasteiger partial charge in [-0.3, -0.25) is 14.9 Å². The lowest BCUT2D eigenvalue weighted by molar-refractivity contribution is -0.136. The number of amides is 2. The second kappa shape index (κ2) is 9.05. The third-order valence-electron chi connectivity index (χ3n) is 3.84. The highest BCUT2D eigenvalue weighted by atomic mass is 32.1. The van der Waals surface area contributed by atoms with Crippen molar-refractivity contribution in [1.29, 1.82) is 0 Å². The number of benzene rings is 2. The fourth-order valence-electron chi connectivity index (χ4n) is 2.46. The summed E-state index contributed by atoms with van der Waals surface area (Å²) < 4.78 is 13.0. The molecule has 0 atom stereocenters. The smallest absolute Gasteiger partial charge is 0.315 e. The topological polar surface area (TPSA) is 71.1 Å². The molecule has 0 aliphatic carbocycles. The van der Waals surface area contributed by atoms with Crippen LogP contribution in [0.5, 0.6) is 0 Å². The first-order chi connectivity index (χ1) is 13.1. The molecule has 1 aromatic heterocycles. The maximum absolute atomic E-state index is 13.0. The summed E-state index contributed by atoms with van der Waals surface area (Å²) in [7, 11) is 0. The molecule has 7 heteroatoms. The van der Waals surface area contributed by atoms with Crippen LogP contribution in [-0.4, -0.2) is 23.3 Å². The Kier molecular flexibility index (Phi) is 6.27. The summed E-state index contributed by atoms with van der Waals surface area (Å²) in [6.45, 7) is 0.417. The minimum Gasteiger partial charge on any atom is -0.348 e. The summed E-state index contributed by atoms with van der Waals surface area (Å²) in [5.41, 5.74) is 2.53. The van der Waals surface area contributed by atoms with Crippen LogP contribution in [0.15, 0.2) is 60.0 Å². The predicted octanol–water partition coefficient (Wildman–Crippen LogP) is 3.64. The van der Waals surface area contributed by atoms with Gasteiger partial charge in [-0.25, -0.2) is 9.37 Å². The first kappa shape index (κ1) is 18.7. The molecule has 3 rings (SSSR count). The van der Waals surface area contributed by atoms with Gasteiger partial charge in [0.25, 0.3) is 0 Å². The van der Waals surface area contributed by atoms with Crippen molar-refractivity contribution in [2.75, 3.05) is 11.9 Å². The van der Waals surface area contributed by atoms with Crippen LogP contribution in [0.2, 0.25) is 0 Å². The van der Waals surface area contributed by atoms with E-state index < -0.39 is 11.8 Å². The summed E-state index contributed by atoms with van der Waals surface area (Å²) in [5, 5.41) is 7.14. The molecule has 0 aliphatic heterocycles. The van der Waals surface area contributed by atoms with Crippen molar-refractivity contribution in [3.05, 3.63) is 71.4 Å². The number of halogens is 1. The van der Waals surface area contributed by atoms with Gasteiger partial charge in [-0.1, -0.05) is 30.3 Å². The number of rotatable bonds is 6. The van der Waals surface area contributed by atoms with Gasteiger partial charge in [-0.05, 0) is 42.7 Å². The van der Waals surface area contributed by atoms with Gasteiger partial charge in [-0.15, -0.1) is 11.3 Å². The molecule has 5 nitrogen and oxygen atoms in total. The van der Waals surface area contributed by atoms with E-state index >= 15 is 0 Å². The molecule has 0 radical (unpaired) electrons. The number of anilines is 1. The lowest BCUT2D eigenvalue weighted by atomic mass is 10.1. The van der Waals surface area contributed by atoms with Crippen molar-refractivity contribution in [2.45, 2.75) is 12.8 Å². The highest BCUT2D eigenvalue weighted by molar-refractivity contribution is 7.14. The van der Waals surface area contributed by atoms with Crippen LogP contribution in [0.25, 0.3) is 11.3 Å². The molecule has 0 fully saturated rings. The number of aromatic nitrogens is 1. The zero-order valence-electron chi connectivity index (χ0n) is 14.4. The molecule has 0 unspecified atom stereocenters. The average Bonchev–Trinajstić information content (AvgIpc) is 3.15. The summed E-state index contributed by atoms with van der Waals surface area (Å²) in [6.07, 6.45) is 1.57. The van der Waals surface area contributed by atoms with Crippen LogP contribution >= 0.6 is 11.3 Å². The van der Waals surface area contributed by atoms with Gasteiger partial charge in [0.1, 0.15) is 5.82 Å². The van der Waals surface area contributed by atoms with Crippen molar-refractivity contribution in [3.8, 4) is 11.3 Å². The van der Waals surface area contributed by atoms with Crippen LogP contribution in [0.1, 0.15) is 12.0 Å². The van der Waals surface area contributed by atoms with Gasteiger partial charge in [0.05, 0.1) is 5.69 Å². The molecule has 27 heavy (non-hydrogen) atoms. The Morgan fingerprint density at radius 1 is 1.00 bits per heavy atom. The van der Waals surface area contributed by atoms with Crippen LogP contribution < -0.4 is 10.6 Å². The normalized spacial score (nSPS) is 10.4. The lowest BCUT2D eigenvalue weighted by Crippen LogP contribution is -2.36. The fraction of sp³-hybridized carbons (Fsp3) is 0.150. The molecule has 2 N–H and O–H groups in total. The minimum atomic E-state index is -0.755. The number of carbonyl (C=O) groups excluding carboxylic acids is 2. The van der Waals surface area contributed by atoms with Crippen molar-refractivity contribution in [2.24, 2.45) is 0 Å². The third-order valence-corrected chi connectivity index (χ3v) is 4.60. The van der Waals surface area contributed by atoms with Gasteiger partial charge >= 0.3 is 11.8 Å². The Balaban J connectivity index is 1.45. The van der Waals surface area contributed by atoms with E-state index in [1.165, 1.54) is 29.0 Å². The lowest BCUT2D eigenvalue weighted by Gasteiger charge is -2.05. The average molecular weight is 383 g/mol. The van der Waals surface area contributed by atoms with E-state index in [0.717, 1.165) is 18.4 Å². The maximum atomic E-state index is 13.0. The SMILES string of the molecule is O=C(NCCCc1ccccc1)C(=O)Nc1nc(-c2ccc(F)cc2)cs1. The molecular weight excluding hydrogens is 365 g/mol. The second-order valence-corrected chi connectivity index (χ2v) is 6.70. The minimum absolute atomic E-state index is 0.318. The standard InChI is InChI=1S/C20H18FN3O2S/c21-16-10-8-15(9-11-16)17-13-27-20(23-17)24-19(26)18(25)22-12-4-7-14-5-2-1-3-6-14/h1-3,5-6,8-11,13H,4,7,12H2,(H,22,25)(H,23,24,26). The predicted molar refractivity (Wildman–Crippen MR) is 104 cm³/mol. The first-order valence-electron chi connectivity index (χ1n) is 8.46. The number of nitrogens with zero attached hydrogens (tertiary/aromatic N) is 1. The molecule has 0 saturated carbocycles. The van der Waals surface area contributed by atoms with Crippen LogP contribution in [-0.2, 0) is 16.0 Å². The Morgan fingerprint density at radius 3 is 2.48 bits per heavy atom. The number of thiazole rings is 1. The van der Waals surface area contributed by atoms with E-state index in [-0.39, 0.29) is 5.82 Å². The Bertz CT molecular complexity index is 910. The molecule has 2 aromatic carbocycles. The summed E-state index contributed by atoms with van der Waals surface area (Å²) >= 11 is 1.20. The Labute approximate surface area is 160 Å². The highest BCUT2D eigenvalue weighted by Gasteiger charge is 2.15. The third kappa shape index (κ3) is 5.46. The summed E-state index contributed by atoms with van der Waals surface area (Å²) in [4.78, 5) is 28.1.